The number of isocyanates is 1. The van der Waals surface area contributed by atoms with E-state index in [1.165, 1.54) is 25.3 Å². The fraction of sp³-hybridized carbons (Fsp3) is 0.125. The lowest BCUT2D eigenvalue weighted by Crippen LogP contribution is -1.84. The molecule has 0 radical (unpaired) electrons. The molecule has 0 spiro atoms. The smallest absolute Gasteiger partial charge is 0.240 e. The fourth-order valence-corrected chi connectivity index (χ4v) is 0.793. The van der Waals surface area contributed by atoms with Crippen molar-refractivity contribution >= 4 is 11.8 Å². The van der Waals surface area contributed by atoms with Gasteiger partial charge in [0.1, 0.15) is 17.3 Å². The summed E-state index contributed by atoms with van der Waals surface area (Å²) in [7, 11) is 1.37. The summed E-state index contributed by atoms with van der Waals surface area (Å²) < 4.78 is 17.3. The number of hydrogen-bond acceptors (Lipinski definition) is 3. The highest BCUT2D eigenvalue weighted by atomic mass is 19.1. The zero-order chi connectivity index (χ0) is 8.97. The molecule has 4 heteroatoms. The average Bonchev–Trinajstić information content (AvgIpc) is 2.08. The molecule has 3 nitrogen and oxygen atoms in total. The molecule has 0 aromatic heterocycles. The lowest BCUT2D eigenvalue weighted by atomic mass is 10.3. The van der Waals surface area contributed by atoms with Gasteiger partial charge in [-0.1, -0.05) is 0 Å². The van der Waals surface area contributed by atoms with Crippen LogP contribution in [0.2, 0.25) is 0 Å². The second-order valence-electron chi connectivity index (χ2n) is 2.02. The van der Waals surface area contributed by atoms with Crippen LogP contribution in [0.15, 0.2) is 23.2 Å². The minimum atomic E-state index is -0.434. The molecule has 0 unspecified atom stereocenters. The van der Waals surface area contributed by atoms with E-state index in [0.717, 1.165) is 6.07 Å². The summed E-state index contributed by atoms with van der Waals surface area (Å²) in [6.07, 6.45) is 1.35. The highest BCUT2D eigenvalue weighted by Gasteiger charge is 2.01. The summed E-state index contributed by atoms with van der Waals surface area (Å²) in [5.41, 5.74) is 0.272. The van der Waals surface area contributed by atoms with E-state index < -0.39 is 5.82 Å². The first-order valence-electron chi connectivity index (χ1n) is 3.19. The molecule has 0 bridgehead atoms. The van der Waals surface area contributed by atoms with Gasteiger partial charge in [-0.3, -0.25) is 0 Å². The molecule has 0 aliphatic carbocycles. The molecule has 0 fully saturated rings. The van der Waals surface area contributed by atoms with Gasteiger partial charge in [0.25, 0.3) is 0 Å². The quantitative estimate of drug-likeness (QED) is 0.497. The molecule has 0 saturated carbocycles. The molecule has 0 amide bonds. The maximum atomic E-state index is 12.6. The molecular weight excluding hydrogens is 161 g/mol. The number of hydrogen-bond donors (Lipinski definition) is 0. The number of nitrogens with zero attached hydrogens (tertiary/aromatic N) is 1. The lowest BCUT2D eigenvalue weighted by molar-refractivity contribution is 0.412. The highest BCUT2D eigenvalue weighted by Crippen LogP contribution is 2.26. The van der Waals surface area contributed by atoms with Crippen molar-refractivity contribution < 1.29 is 13.9 Å². The number of halogens is 1. The Balaban J connectivity index is 3.19. The Kier molecular flexibility index (Phi) is 2.56. The van der Waals surface area contributed by atoms with E-state index in [1.807, 2.05) is 0 Å². The van der Waals surface area contributed by atoms with Gasteiger partial charge in [-0.2, -0.15) is 4.99 Å². The molecule has 12 heavy (non-hydrogen) atoms. The van der Waals surface area contributed by atoms with Crippen molar-refractivity contribution in [1.29, 1.82) is 0 Å². The average molecular weight is 167 g/mol. The second-order valence-corrected chi connectivity index (χ2v) is 2.02. The third-order valence-corrected chi connectivity index (χ3v) is 1.31. The lowest BCUT2D eigenvalue weighted by Gasteiger charge is -2.01. The monoisotopic (exact) mass is 167 g/mol. The summed E-state index contributed by atoms with van der Waals surface area (Å²) in [5.74, 6) is -0.213. The van der Waals surface area contributed by atoms with Crippen LogP contribution in [0.3, 0.4) is 0 Å². The van der Waals surface area contributed by atoms with Crippen LogP contribution in [-0.4, -0.2) is 13.2 Å². The van der Waals surface area contributed by atoms with Crippen molar-refractivity contribution in [3.8, 4) is 5.75 Å². The van der Waals surface area contributed by atoms with Crippen LogP contribution in [-0.2, 0) is 4.79 Å². The summed E-state index contributed by atoms with van der Waals surface area (Å²) in [4.78, 5) is 13.2. The van der Waals surface area contributed by atoms with E-state index in [4.69, 9.17) is 4.74 Å². The van der Waals surface area contributed by atoms with Gasteiger partial charge in [0.15, 0.2) is 0 Å². The van der Waals surface area contributed by atoms with Crippen LogP contribution in [0.1, 0.15) is 0 Å². The van der Waals surface area contributed by atoms with Crippen molar-refractivity contribution in [3.05, 3.63) is 24.0 Å². The van der Waals surface area contributed by atoms with E-state index in [0.29, 0.717) is 0 Å². The van der Waals surface area contributed by atoms with Crippen molar-refractivity contribution in [3.63, 3.8) is 0 Å². The van der Waals surface area contributed by atoms with Crippen LogP contribution in [0.25, 0.3) is 0 Å². The predicted molar refractivity (Wildman–Crippen MR) is 40.7 cm³/mol. The molecular formula is C8H6FNO2. The summed E-state index contributed by atoms with van der Waals surface area (Å²) >= 11 is 0. The molecule has 0 aliphatic rings. The number of rotatable bonds is 2. The molecule has 0 heterocycles. The van der Waals surface area contributed by atoms with Crippen molar-refractivity contribution in [2.24, 2.45) is 4.99 Å². The van der Waals surface area contributed by atoms with Crippen LogP contribution < -0.4 is 4.74 Å². The summed E-state index contributed by atoms with van der Waals surface area (Å²) in [6, 6.07) is 3.69. The minimum Gasteiger partial charge on any atom is -0.494 e. The Morgan fingerprint density at radius 2 is 2.33 bits per heavy atom. The SMILES string of the molecule is COc1cc(F)ccc1N=C=O. The molecule has 1 aromatic carbocycles. The molecule has 0 atom stereocenters. The molecule has 0 saturated heterocycles. The molecule has 1 rings (SSSR count). The van der Waals surface area contributed by atoms with Crippen molar-refractivity contribution in [2.75, 3.05) is 7.11 Å². The maximum Gasteiger partial charge on any atom is 0.240 e. The Labute approximate surface area is 68.5 Å². The van der Waals surface area contributed by atoms with E-state index in [1.54, 1.807) is 0 Å². The normalized spacial score (nSPS) is 8.83. The van der Waals surface area contributed by atoms with Gasteiger partial charge in [-0.15, -0.1) is 0 Å². The van der Waals surface area contributed by atoms with Crippen LogP contribution in [0.5, 0.6) is 5.75 Å². The number of carbonyl (C=O) groups excluding carboxylic acids is 1. The van der Waals surface area contributed by atoms with Crippen LogP contribution in [0, 0.1) is 5.82 Å². The minimum absolute atomic E-state index is 0.221. The fourth-order valence-electron chi connectivity index (χ4n) is 0.793. The maximum absolute atomic E-state index is 12.6. The number of aliphatic imine (C=N–C) groups is 1. The second kappa shape index (κ2) is 3.64. The Hall–Kier alpha value is -1.67. The van der Waals surface area contributed by atoms with E-state index in [-0.39, 0.29) is 11.4 Å². The van der Waals surface area contributed by atoms with Gasteiger partial charge >= 0.3 is 0 Å². The largest absolute Gasteiger partial charge is 0.494 e. The standard InChI is InChI=1S/C8H6FNO2/c1-12-8-4-6(9)2-3-7(8)10-5-11/h2-4H,1H3. The third-order valence-electron chi connectivity index (χ3n) is 1.31. The van der Waals surface area contributed by atoms with Gasteiger partial charge in [-0.05, 0) is 12.1 Å². The zero-order valence-corrected chi connectivity index (χ0v) is 6.37. The highest BCUT2D eigenvalue weighted by molar-refractivity contribution is 5.57. The van der Waals surface area contributed by atoms with Crippen LogP contribution in [0.4, 0.5) is 10.1 Å². The Morgan fingerprint density at radius 1 is 1.58 bits per heavy atom. The Morgan fingerprint density at radius 3 is 2.92 bits per heavy atom. The molecule has 62 valence electrons. The molecule has 1 aromatic rings. The van der Waals surface area contributed by atoms with Gasteiger partial charge in [0.2, 0.25) is 6.08 Å². The van der Waals surface area contributed by atoms with Gasteiger partial charge < -0.3 is 4.74 Å². The molecule has 0 aliphatic heterocycles. The predicted octanol–water partition coefficient (Wildman–Crippen LogP) is 1.80. The van der Waals surface area contributed by atoms with Crippen molar-refractivity contribution in [1.82, 2.24) is 0 Å². The summed E-state index contributed by atoms with van der Waals surface area (Å²) in [5, 5.41) is 0. The van der Waals surface area contributed by atoms with E-state index >= 15 is 0 Å². The first-order valence-corrected chi connectivity index (χ1v) is 3.19. The van der Waals surface area contributed by atoms with E-state index in [2.05, 4.69) is 4.99 Å². The van der Waals surface area contributed by atoms with Gasteiger partial charge in [0, 0.05) is 6.07 Å². The number of methoxy groups -OCH3 is 1. The zero-order valence-electron chi connectivity index (χ0n) is 6.37. The number of ether oxygens (including phenoxy) is 1. The van der Waals surface area contributed by atoms with Gasteiger partial charge in [-0.25, -0.2) is 9.18 Å². The van der Waals surface area contributed by atoms with Crippen molar-refractivity contribution in [2.45, 2.75) is 0 Å². The van der Waals surface area contributed by atoms with E-state index in [9.17, 15) is 9.18 Å². The molecule has 0 N–H and O–H groups in total. The first-order chi connectivity index (χ1) is 5.77. The number of benzene rings is 1. The third kappa shape index (κ3) is 1.68. The Bertz CT molecular complexity index is 332. The van der Waals surface area contributed by atoms with Gasteiger partial charge in [0.05, 0.1) is 7.11 Å². The summed E-state index contributed by atoms with van der Waals surface area (Å²) in [6.45, 7) is 0. The topological polar surface area (TPSA) is 38.7 Å². The first kappa shape index (κ1) is 8.43. The van der Waals surface area contributed by atoms with Crippen LogP contribution >= 0.6 is 0 Å².